The zero-order chi connectivity index (χ0) is 43.8. The van der Waals surface area contributed by atoms with Crippen molar-refractivity contribution >= 4 is 36.5 Å². The second-order valence-corrected chi connectivity index (χ2v) is 15.6. The maximum Gasteiger partial charge on any atom is 4.00 e. The monoisotopic (exact) mass is 858 g/mol. The van der Waals surface area contributed by atoms with Crippen molar-refractivity contribution in [3.63, 3.8) is 0 Å². The van der Waals surface area contributed by atoms with Crippen molar-refractivity contribution in [3.8, 4) is 0 Å². The van der Waals surface area contributed by atoms with Gasteiger partial charge in [0.1, 0.15) is 6.29 Å². The number of carboxylic acid groups (broad SMARTS) is 2. The Morgan fingerprint density at radius 3 is 1.82 bits per heavy atom. The molecule has 322 valence electrons. The molecule has 0 fully saturated rings. The molecule has 60 heavy (non-hydrogen) atoms. The molecule has 0 spiro atoms. The first-order valence-corrected chi connectivity index (χ1v) is 20.3. The van der Waals surface area contributed by atoms with Crippen LogP contribution in [-0.4, -0.2) is 33.5 Å². The van der Waals surface area contributed by atoms with E-state index in [4.69, 9.17) is 9.97 Å². The average molecular weight is 859 g/mol. The second-order valence-electron chi connectivity index (χ2n) is 15.6. The van der Waals surface area contributed by atoms with Crippen molar-refractivity contribution in [1.29, 1.82) is 0 Å². The zero-order valence-corrected chi connectivity index (χ0v) is 37.9. The number of nitrogens with zero attached hydrogens (tertiary/aromatic N) is 4. The summed E-state index contributed by atoms with van der Waals surface area (Å²) < 4.78 is 0. The number of aliphatic carboxylic acids is 2. The van der Waals surface area contributed by atoms with Gasteiger partial charge in [-0.1, -0.05) is 101 Å². The molecule has 10 nitrogen and oxygen atoms in total. The van der Waals surface area contributed by atoms with Crippen LogP contribution in [0, 0.1) is 34.6 Å². The minimum Gasteiger partial charge on any atom is -0.670 e. The molecule has 4 aromatic rings. The van der Waals surface area contributed by atoms with Gasteiger partial charge in [-0.05, 0) is 111 Å². The normalized spacial score (nSPS) is 12.8. The Kier molecular flexibility index (Phi) is 21.2. The molecule has 4 heterocycles. The molecular formula is C49H62FeN4O6. The molecule has 4 rings (SSSR count). The van der Waals surface area contributed by atoms with Crippen LogP contribution in [0.15, 0.2) is 53.9 Å². The van der Waals surface area contributed by atoms with Crippen LogP contribution in [0.25, 0.3) is 18.2 Å². The van der Waals surface area contributed by atoms with Crippen LogP contribution in [0.4, 0.5) is 0 Å². The molecule has 0 saturated heterocycles. The van der Waals surface area contributed by atoms with Gasteiger partial charge in [-0.2, -0.15) is 23.8 Å². The van der Waals surface area contributed by atoms with E-state index < -0.39 is 18.0 Å². The predicted molar refractivity (Wildman–Crippen MR) is 236 cm³/mol. The van der Waals surface area contributed by atoms with E-state index in [1.165, 1.54) is 22.3 Å². The molecule has 4 aromatic heterocycles. The fourth-order valence-electron chi connectivity index (χ4n) is 7.03. The van der Waals surface area contributed by atoms with Crippen molar-refractivity contribution in [3.05, 3.63) is 132 Å². The summed E-state index contributed by atoms with van der Waals surface area (Å²) in [5, 5.41) is 30.7. The van der Waals surface area contributed by atoms with Gasteiger partial charge in [0, 0.05) is 18.4 Å². The van der Waals surface area contributed by atoms with E-state index in [1.54, 1.807) is 12.2 Å². The van der Waals surface area contributed by atoms with Crippen molar-refractivity contribution < 1.29 is 46.8 Å². The Bertz CT molecular complexity index is 2310. The van der Waals surface area contributed by atoms with Gasteiger partial charge in [-0.15, -0.1) is 22.1 Å². The SMILES string of the molecule is C=Cc1c[n-]cc1C.CC(C)=CCC/C(C)=C/CC/C(C)=C/CC[C@H](O)c1c(C)[n-]c(/C=c2\[n-]/c(=C\c3[n-]c(C)c(C)c3CCC(=O)O)c(CCC(=O)O)c2C=O)c1C.[Fe+4]. The fourth-order valence-corrected chi connectivity index (χ4v) is 7.03. The van der Waals surface area contributed by atoms with Gasteiger partial charge < -0.3 is 35.3 Å². The summed E-state index contributed by atoms with van der Waals surface area (Å²) in [5.74, 6) is -1.92. The molecule has 1 atom stereocenters. The van der Waals surface area contributed by atoms with Crippen molar-refractivity contribution in [2.24, 2.45) is 0 Å². The van der Waals surface area contributed by atoms with Crippen molar-refractivity contribution in [1.82, 2.24) is 19.9 Å². The average Bonchev–Trinajstić information content (AvgIpc) is 3.88. The molecule has 0 saturated carbocycles. The summed E-state index contributed by atoms with van der Waals surface area (Å²) in [6.45, 7) is 21.7. The minimum absolute atomic E-state index is 0. The van der Waals surface area contributed by atoms with Crippen LogP contribution in [0.3, 0.4) is 0 Å². The van der Waals surface area contributed by atoms with Crippen LogP contribution in [0.1, 0.15) is 157 Å². The molecular weight excluding hydrogens is 796 g/mol. The summed E-state index contributed by atoms with van der Waals surface area (Å²) in [5.41, 5.74) is 13.0. The smallest absolute Gasteiger partial charge is 0.670 e. The number of aryl methyl sites for hydroxylation is 3. The van der Waals surface area contributed by atoms with Gasteiger partial charge in [-0.25, -0.2) is 0 Å². The molecule has 11 heteroatoms. The Morgan fingerprint density at radius 1 is 0.717 bits per heavy atom. The van der Waals surface area contributed by atoms with Crippen molar-refractivity contribution in [2.75, 3.05) is 0 Å². The Morgan fingerprint density at radius 2 is 1.28 bits per heavy atom. The number of hydrogen-bond donors (Lipinski definition) is 3. The van der Waals surface area contributed by atoms with Crippen LogP contribution >= 0.6 is 0 Å². The molecule has 0 bridgehead atoms. The van der Waals surface area contributed by atoms with E-state index >= 15 is 0 Å². The van der Waals surface area contributed by atoms with E-state index in [1.807, 2.05) is 53.1 Å². The molecule has 0 aromatic carbocycles. The zero-order valence-electron chi connectivity index (χ0n) is 36.8. The molecule has 0 unspecified atom stereocenters. The maximum atomic E-state index is 12.5. The Balaban J connectivity index is 0.00000123. The quantitative estimate of drug-likeness (QED) is 0.0449. The van der Waals surface area contributed by atoms with E-state index in [0.717, 1.165) is 65.6 Å². The van der Waals surface area contributed by atoms with Crippen LogP contribution in [0.2, 0.25) is 0 Å². The van der Waals surface area contributed by atoms with E-state index in [-0.39, 0.29) is 48.3 Å². The van der Waals surface area contributed by atoms with Gasteiger partial charge in [0.25, 0.3) is 0 Å². The number of carbonyl (C=O) groups is 3. The first-order valence-electron chi connectivity index (χ1n) is 20.3. The fraction of sp³-hybridized carbons (Fsp3) is 0.408. The van der Waals surface area contributed by atoms with Crippen LogP contribution in [-0.2, 0) is 39.5 Å². The van der Waals surface area contributed by atoms with Gasteiger partial charge in [-0.3, -0.25) is 14.4 Å². The number of rotatable bonds is 20. The molecule has 0 radical (unpaired) electrons. The molecule has 0 aliphatic carbocycles. The van der Waals surface area contributed by atoms with Gasteiger partial charge >= 0.3 is 29.0 Å². The number of aldehydes is 1. The standard InChI is InChI=1S/C42H55N3O6.C7H8N.Fe/c1-25(2)12-9-13-26(3)14-10-15-27(4)16-11-17-39(47)42-29(6)35(44-31(42)8)22-38-34(24-46)33(19-21-41(50)51)37(45-38)23-36-32(18-20-40(48)49)28(5)30(7)43-36;1-3-7-5-8-4-6(7)2;/h12,14,16,22-24,39,47H,9-11,13,15,17-21H2,1-8H3,(H3,43,46,48,49,50,51);3-5H,1H2,2H3;/q-2;-1;+4/p-1/b26-14+,27-16+,38-22-;;/t39-;;/m0../s1. The molecule has 0 aliphatic heterocycles. The number of aliphatic hydroxyl groups excluding tert-OH is 1. The third kappa shape index (κ3) is 15.2. The number of aromatic nitrogens is 4. The van der Waals surface area contributed by atoms with Crippen LogP contribution in [0.5, 0.6) is 0 Å². The maximum absolute atomic E-state index is 12.5. The molecule has 0 aliphatic rings. The third-order valence-electron chi connectivity index (χ3n) is 10.6. The Labute approximate surface area is 366 Å². The van der Waals surface area contributed by atoms with Gasteiger partial charge in [0.2, 0.25) is 0 Å². The summed E-state index contributed by atoms with van der Waals surface area (Å²) in [4.78, 5) is 53.4. The molecule has 0 amide bonds. The van der Waals surface area contributed by atoms with Gasteiger partial charge in [0.15, 0.2) is 0 Å². The second kappa shape index (κ2) is 24.9. The number of aliphatic hydroxyl groups is 1. The van der Waals surface area contributed by atoms with E-state index in [0.29, 0.717) is 46.1 Å². The summed E-state index contributed by atoms with van der Waals surface area (Å²) in [6, 6.07) is 0. The predicted octanol–water partition coefficient (Wildman–Crippen LogP) is 8.12. The summed E-state index contributed by atoms with van der Waals surface area (Å²) in [7, 11) is 0. The first kappa shape index (κ1) is 51.1. The van der Waals surface area contributed by atoms with E-state index in [2.05, 4.69) is 62.5 Å². The Hall–Kier alpha value is -5.09. The minimum atomic E-state index is -1.00. The third-order valence-corrected chi connectivity index (χ3v) is 10.6. The van der Waals surface area contributed by atoms with Crippen molar-refractivity contribution in [2.45, 2.75) is 133 Å². The topological polar surface area (TPSA) is 168 Å². The number of carbonyl (C=O) groups excluding carboxylic acids is 1. The van der Waals surface area contributed by atoms with Crippen LogP contribution < -0.4 is 30.6 Å². The van der Waals surface area contributed by atoms with Gasteiger partial charge in [0.05, 0.1) is 6.10 Å². The molecule has 3 N–H and O–H groups in total. The summed E-state index contributed by atoms with van der Waals surface area (Å²) in [6.07, 6.45) is 21.1. The first-order chi connectivity index (χ1) is 28.0. The van der Waals surface area contributed by atoms with E-state index in [9.17, 15) is 29.7 Å². The number of carboxylic acids is 2. The largest absolute Gasteiger partial charge is 4.00 e. The summed E-state index contributed by atoms with van der Waals surface area (Å²) >= 11 is 0. The number of allylic oxidation sites excluding steroid dienone is 6. The number of hydrogen-bond acceptors (Lipinski definition) is 4.